The fourth-order valence-corrected chi connectivity index (χ4v) is 4.38. The predicted molar refractivity (Wildman–Crippen MR) is 143 cm³/mol. The van der Waals surface area contributed by atoms with Crippen LogP contribution >= 0.6 is 27.5 Å². The molecule has 1 atom stereocenters. The smallest absolute Gasteiger partial charge is 0.261 e. The van der Waals surface area contributed by atoms with Crippen LogP contribution in [0.3, 0.4) is 0 Å². The Balaban J connectivity index is 1.87. The van der Waals surface area contributed by atoms with Crippen LogP contribution in [0.1, 0.15) is 30.9 Å². The highest BCUT2D eigenvalue weighted by Gasteiger charge is 2.30. The van der Waals surface area contributed by atoms with Crippen LogP contribution in [-0.4, -0.2) is 35.9 Å². The molecule has 0 heterocycles. The van der Waals surface area contributed by atoms with Crippen LogP contribution in [0.4, 0.5) is 0 Å². The third-order valence-corrected chi connectivity index (χ3v) is 6.33. The van der Waals surface area contributed by atoms with Crippen molar-refractivity contribution >= 4 is 39.3 Å². The summed E-state index contributed by atoms with van der Waals surface area (Å²) in [6.07, 6.45) is 2.25. The molecule has 0 bridgehead atoms. The van der Waals surface area contributed by atoms with Gasteiger partial charge in [0.1, 0.15) is 11.8 Å². The number of ether oxygens (including phenoxy) is 1. The molecule has 3 rings (SSSR count). The zero-order valence-corrected chi connectivity index (χ0v) is 22.1. The van der Waals surface area contributed by atoms with Gasteiger partial charge in [-0.05, 0) is 35.7 Å². The molecule has 1 unspecified atom stereocenters. The molecule has 0 fully saturated rings. The van der Waals surface area contributed by atoms with Gasteiger partial charge in [0.2, 0.25) is 5.91 Å². The number of halogens is 2. The molecule has 0 aromatic heterocycles. The molecule has 184 valence electrons. The molecule has 0 saturated carbocycles. The van der Waals surface area contributed by atoms with Crippen LogP contribution in [-0.2, 0) is 22.6 Å². The summed E-state index contributed by atoms with van der Waals surface area (Å²) in [5.74, 6) is -0.0532. The summed E-state index contributed by atoms with van der Waals surface area (Å²) >= 11 is 9.64. The Bertz CT molecular complexity index is 1100. The van der Waals surface area contributed by atoms with Crippen molar-refractivity contribution in [3.05, 3.63) is 99.5 Å². The van der Waals surface area contributed by atoms with Crippen LogP contribution in [0.2, 0.25) is 5.02 Å². The Hall–Kier alpha value is -2.83. The van der Waals surface area contributed by atoms with Crippen molar-refractivity contribution in [2.45, 2.75) is 38.8 Å². The number of benzene rings is 3. The first-order chi connectivity index (χ1) is 17.0. The third-order valence-electron chi connectivity index (χ3n) is 5.54. The van der Waals surface area contributed by atoms with Gasteiger partial charge in [0.25, 0.3) is 5.91 Å². The van der Waals surface area contributed by atoms with Crippen molar-refractivity contribution in [1.82, 2.24) is 10.2 Å². The van der Waals surface area contributed by atoms with Crippen LogP contribution in [0.25, 0.3) is 0 Å². The first kappa shape index (κ1) is 26.8. The summed E-state index contributed by atoms with van der Waals surface area (Å²) in [6.45, 7) is 2.69. The van der Waals surface area contributed by atoms with Crippen molar-refractivity contribution in [2.75, 3.05) is 13.2 Å². The van der Waals surface area contributed by atoms with Gasteiger partial charge in [-0.1, -0.05) is 102 Å². The second-order valence-corrected chi connectivity index (χ2v) is 9.54. The van der Waals surface area contributed by atoms with Gasteiger partial charge in [-0.15, -0.1) is 0 Å². The highest BCUT2D eigenvalue weighted by molar-refractivity contribution is 9.10. The van der Waals surface area contributed by atoms with Crippen LogP contribution in [0.5, 0.6) is 5.75 Å². The Kier molecular flexibility index (Phi) is 10.6. The molecule has 0 aliphatic heterocycles. The zero-order valence-electron chi connectivity index (χ0n) is 19.8. The zero-order chi connectivity index (χ0) is 25.0. The number of nitrogens with one attached hydrogen (secondary N) is 1. The Morgan fingerprint density at radius 2 is 1.66 bits per heavy atom. The molecule has 1 N–H and O–H groups in total. The van der Waals surface area contributed by atoms with Crippen molar-refractivity contribution in [3.63, 3.8) is 0 Å². The van der Waals surface area contributed by atoms with Crippen molar-refractivity contribution < 1.29 is 14.3 Å². The van der Waals surface area contributed by atoms with E-state index in [1.165, 1.54) is 0 Å². The van der Waals surface area contributed by atoms with Crippen LogP contribution < -0.4 is 10.1 Å². The predicted octanol–water partition coefficient (Wildman–Crippen LogP) is 6.04. The molecule has 2 amide bonds. The topological polar surface area (TPSA) is 58.6 Å². The Morgan fingerprint density at radius 1 is 1.00 bits per heavy atom. The molecular weight excluding hydrogens is 528 g/mol. The molecule has 3 aromatic rings. The van der Waals surface area contributed by atoms with Crippen molar-refractivity contribution in [1.29, 1.82) is 0 Å². The molecule has 7 heteroatoms. The van der Waals surface area contributed by atoms with E-state index in [-0.39, 0.29) is 25.0 Å². The maximum Gasteiger partial charge on any atom is 0.261 e. The quantitative estimate of drug-likeness (QED) is 0.276. The van der Waals surface area contributed by atoms with E-state index in [0.717, 1.165) is 28.4 Å². The minimum atomic E-state index is -0.689. The van der Waals surface area contributed by atoms with Crippen molar-refractivity contribution in [2.24, 2.45) is 0 Å². The highest BCUT2D eigenvalue weighted by atomic mass is 79.9. The van der Waals surface area contributed by atoms with Gasteiger partial charge in [-0.2, -0.15) is 0 Å². The van der Waals surface area contributed by atoms with E-state index in [9.17, 15) is 9.59 Å². The second-order valence-electron chi connectivity index (χ2n) is 8.22. The SMILES string of the molecule is CCCCNC(=O)C(Cc1ccccc1)N(Cc1ccccc1)C(=O)COc1ccc(Br)cc1Cl. The Morgan fingerprint density at radius 3 is 2.29 bits per heavy atom. The summed E-state index contributed by atoms with van der Waals surface area (Å²) in [5, 5.41) is 3.42. The average Bonchev–Trinajstić information content (AvgIpc) is 2.86. The summed E-state index contributed by atoms with van der Waals surface area (Å²) in [7, 11) is 0. The molecular formula is C28H30BrClN2O3. The molecule has 0 aliphatic carbocycles. The number of hydrogen-bond acceptors (Lipinski definition) is 3. The van der Waals surface area contributed by atoms with Gasteiger partial charge >= 0.3 is 0 Å². The average molecular weight is 558 g/mol. The van der Waals surface area contributed by atoms with Gasteiger partial charge in [-0.25, -0.2) is 0 Å². The normalized spacial score (nSPS) is 11.5. The number of amides is 2. The molecule has 0 saturated heterocycles. The lowest BCUT2D eigenvalue weighted by atomic mass is 10.0. The monoisotopic (exact) mass is 556 g/mol. The van der Waals surface area contributed by atoms with Gasteiger partial charge in [-0.3, -0.25) is 9.59 Å². The number of nitrogens with zero attached hydrogens (tertiary/aromatic N) is 1. The lowest BCUT2D eigenvalue weighted by Crippen LogP contribution is -2.51. The standard InChI is InChI=1S/C28H30BrClN2O3/c1-2-3-16-31-28(34)25(17-21-10-6-4-7-11-21)32(19-22-12-8-5-9-13-22)27(33)20-35-26-15-14-23(29)18-24(26)30/h4-15,18,25H,2-3,16-17,19-20H2,1H3,(H,31,34). The molecule has 5 nitrogen and oxygen atoms in total. The van der Waals surface area contributed by atoms with E-state index >= 15 is 0 Å². The van der Waals surface area contributed by atoms with Crippen LogP contribution in [0, 0.1) is 0 Å². The fourth-order valence-electron chi connectivity index (χ4n) is 3.65. The minimum absolute atomic E-state index is 0.173. The number of carbonyl (C=O) groups is 2. The fraction of sp³-hybridized carbons (Fsp3) is 0.286. The third kappa shape index (κ3) is 8.41. The molecule has 35 heavy (non-hydrogen) atoms. The minimum Gasteiger partial charge on any atom is -0.482 e. The van der Waals surface area contributed by atoms with Crippen LogP contribution in [0.15, 0.2) is 83.3 Å². The van der Waals surface area contributed by atoms with Gasteiger partial charge in [0.05, 0.1) is 5.02 Å². The first-order valence-corrected chi connectivity index (χ1v) is 12.9. The van der Waals surface area contributed by atoms with Gasteiger partial charge < -0.3 is 15.0 Å². The Labute approximate surface area is 220 Å². The van der Waals surface area contributed by atoms with E-state index in [2.05, 4.69) is 28.2 Å². The van der Waals surface area contributed by atoms with Gasteiger partial charge in [0.15, 0.2) is 6.61 Å². The van der Waals surface area contributed by atoms with E-state index < -0.39 is 6.04 Å². The lowest BCUT2D eigenvalue weighted by molar-refractivity contribution is -0.142. The summed E-state index contributed by atoms with van der Waals surface area (Å²) < 4.78 is 6.59. The van der Waals surface area contributed by atoms with E-state index in [1.54, 1.807) is 23.1 Å². The number of unbranched alkanes of at least 4 members (excludes halogenated alkanes) is 1. The number of carbonyl (C=O) groups excluding carboxylic acids is 2. The number of rotatable bonds is 12. The van der Waals surface area contributed by atoms with E-state index in [1.807, 2.05) is 60.7 Å². The lowest BCUT2D eigenvalue weighted by Gasteiger charge is -2.31. The number of hydrogen-bond donors (Lipinski definition) is 1. The largest absolute Gasteiger partial charge is 0.482 e. The van der Waals surface area contributed by atoms with E-state index in [0.29, 0.717) is 23.7 Å². The van der Waals surface area contributed by atoms with Gasteiger partial charge in [0, 0.05) is 24.0 Å². The molecule has 0 radical (unpaired) electrons. The van der Waals surface area contributed by atoms with Crippen molar-refractivity contribution in [3.8, 4) is 5.75 Å². The first-order valence-electron chi connectivity index (χ1n) is 11.7. The molecule has 0 spiro atoms. The second kappa shape index (κ2) is 13.9. The maximum atomic E-state index is 13.5. The summed E-state index contributed by atoms with van der Waals surface area (Å²) in [6, 6.07) is 23.9. The summed E-state index contributed by atoms with van der Waals surface area (Å²) in [5.41, 5.74) is 1.91. The molecule has 0 aliphatic rings. The van der Waals surface area contributed by atoms with E-state index in [4.69, 9.17) is 16.3 Å². The maximum absolute atomic E-state index is 13.5. The molecule has 3 aromatic carbocycles. The highest BCUT2D eigenvalue weighted by Crippen LogP contribution is 2.28. The summed E-state index contributed by atoms with van der Waals surface area (Å²) in [4.78, 5) is 28.5.